The standard InChI is InChI=1S/C11H10O3/c1-7-8-5-3-4-6-9(8)14-11(7,2)10(12)13/h3-6H,1H2,2H3,(H,12,13)/t11-/m1/s1. The average Bonchev–Trinajstić information content (AvgIpc) is 2.42. The van der Waals surface area contributed by atoms with Crippen LogP contribution in [0.3, 0.4) is 0 Å². The Balaban J connectivity index is 2.54. The monoisotopic (exact) mass is 190 g/mol. The molecule has 0 saturated heterocycles. The summed E-state index contributed by atoms with van der Waals surface area (Å²) in [7, 11) is 0. The van der Waals surface area contributed by atoms with E-state index in [1.54, 1.807) is 12.1 Å². The number of hydrogen-bond acceptors (Lipinski definition) is 2. The molecule has 1 aromatic carbocycles. The maximum absolute atomic E-state index is 11.0. The van der Waals surface area contributed by atoms with Gasteiger partial charge in [-0.05, 0) is 13.0 Å². The van der Waals surface area contributed by atoms with E-state index >= 15 is 0 Å². The third-order valence-electron chi connectivity index (χ3n) is 2.51. The van der Waals surface area contributed by atoms with Crippen LogP contribution in [0.1, 0.15) is 12.5 Å². The van der Waals surface area contributed by atoms with E-state index in [1.165, 1.54) is 6.92 Å². The molecule has 1 heterocycles. The highest BCUT2D eigenvalue weighted by atomic mass is 16.5. The van der Waals surface area contributed by atoms with E-state index in [9.17, 15) is 4.79 Å². The number of para-hydroxylation sites is 1. The lowest BCUT2D eigenvalue weighted by atomic mass is 9.94. The van der Waals surface area contributed by atoms with E-state index < -0.39 is 11.6 Å². The molecule has 0 unspecified atom stereocenters. The molecule has 2 rings (SSSR count). The van der Waals surface area contributed by atoms with E-state index in [0.29, 0.717) is 11.3 Å². The number of aliphatic carboxylic acids is 1. The SMILES string of the molecule is C=C1c2ccccc2O[C@@]1(C)C(=O)O. The maximum Gasteiger partial charge on any atom is 0.352 e. The van der Waals surface area contributed by atoms with Gasteiger partial charge in [0.15, 0.2) is 0 Å². The van der Waals surface area contributed by atoms with Crippen LogP contribution in [0.25, 0.3) is 5.57 Å². The molecule has 1 aromatic rings. The minimum Gasteiger partial charge on any atom is -0.478 e. The highest BCUT2D eigenvalue weighted by Gasteiger charge is 2.45. The largest absolute Gasteiger partial charge is 0.478 e. The highest BCUT2D eigenvalue weighted by Crippen LogP contribution is 2.42. The predicted molar refractivity (Wildman–Crippen MR) is 52.1 cm³/mol. The number of ether oxygens (including phenoxy) is 1. The molecule has 14 heavy (non-hydrogen) atoms. The fourth-order valence-electron chi connectivity index (χ4n) is 1.52. The van der Waals surface area contributed by atoms with Crippen molar-refractivity contribution in [3.8, 4) is 5.75 Å². The summed E-state index contributed by atoms with van der Waals surface area (Å²) in [4.78, 5) is 11.0. The molecule has 0 amide bonds. The Morgan fingerprint density at radius 3 is 2.71 bits per heavy atom. The van der Waals surface area contributed by atoms with Crippen LogP contribution in [0.2, 0.25) is 0 Å². The van der Waals surface area contributed by atoms with Crippen LogP contribution in [-0.4, -0.2) is 16.7 Å². The normalized spacial score (nSPS) is 24.2. The van der Waals surface area contributed by atoms with Crippen molar-refractivity contribution in [2.45, 2.75) is 12.5 Å². The van der Waals surface area contributed by atoms with Crippen LogP contribution in [0.4, 0.5) is 0 Å². The van der Waals surface area contributed by atoms with Crippen LogP contribution >= 0.6 is 0 Å². The van der Waals surface area contributed by atoms with Crippen LogP contribution < -0.4 is 4.74 Å². The van der Waals surface area contributed by atoms with Crippen molar-refractivity contribution >= 4 is 11.5 Å². The summed E-state index contributed by atoms with van der Waals surface area (Å²) in [5.74, 6) is -0.430. The van der Waals surface area contributed by atoms with Gasteiger partial charge in [0, 0.05) is 11.1 Å². The lowest BCUT2D eigenvalue weighted by Crippen LogP contribution is -2.38. The molecule has 0 spiro atoms. The molecule has 0 radical (unpaired) electrons. The highest BCUT2D eigenvalue weighted by molar-refractivity contribution is 5.98. The van der Waals surface area contributed by atoms with Crippen molar-refractivity contribution in [2.24, 2.45) is 0 Å². The van der Waals surface area contributed by atoms with Crippen LogP contribution in [0.5, 0.6) is 5.75 Å². The zero-order valence-electron chi connectivity index (χ0n) is 7.78. The summed E-state index contributed by atoms with van der Waals surface area (Å²) in [5.41, 5.74) is -0.0399. The minimum absolute atomic E-state index is 0.501. The van der Waals surface area contributed by atoms with Gasteiger partial charge in [0.25, 0.3) is 0 Å². The summed E-state index contributed by atoms with van der Waals surface area (Å²) < 4.78 is 5.37. The van der Waals surface area contributed by atoms with Gasteiger partial charge in [0.1, 0.15) is 5.75 Å². The third-order valence-corrected chi connectivity index (χ3v) is 2.51. The van der Waals surface area contributed by atoms with Gasteiger partial charge in [0.2, 0.25) is 5.60 Å². The first-order valence-corrected chi connectivity index (χ1v) is 4.27. The van der Waals surface area contributed by atoms with E-state index in [2.05, 4.69) is 6.58 Å². The van der Waals surface area contributed by atoms with Gasteiger partial charge in [-0.1, -0.05) is 24.8 Å². The molecule has 1 atom stereocenters. The molecule has 3 heteroatoms. The topological polar surface area (TPSA) is 46.5 Å². The van der Waals surface area contributed by atoms with Crippen LogP contribution in [0.15, 0.2) is 30.8 Å². The second-order valence-electron chi connectivity index (χ2n) is 3.42. The van der Waals surface area contributed by atoms with E-state index in [0.717, 1.165) is 5.56 Å². The number of rotatable bonds is 1. The number of carboxylic acid groups (broad SMARTS) is 1. The summed E-state index contributed by atoms with van der Waals surface area (Å²) in [6, 6.07) is 7.20. The molecule has 1 N–H and O–H groups in total. The Morgan fingerprint density at radius 1 is 1.50 bits per heavy atom. The predicted octanol–water partition coefficient (Wildman–Crippen LogP) is 1.94. The van der Waals surface area contributed by atoms with Crippen molar-refractivity contribution < 1.29 is 14.6 Å². The first-order valence-electron chi connectivity index (χ1n) is 4.27. The molecule has 1 aliphatic rings. The van der Waals surface area contributed by atoms with Crippen LogP contribution in [0, 0.1) is 0 Å². The van der Waals surface area contributed by atoms with E-state index in [-0.39, 0.29) is 0 Å². The van der Waals surface area contributed by atoms with Crippen molar-refractivity contribution in [2.75, 3.05) is 0 Å². The summed E-state index contributed by atoms with van der Waals surface area (Å²) >= 11 is 0. The fraction of sp³-hybridized carbons (Fsp3) is 0.182. The van der Waals surface area contributed by atoms with Gasteiger partial charge in [-0.25, -0.2) is 4.79 Å². The zero-order chi connectivity index (χ0) is 10.3. The van der Waals surface area contributed by atoms with Crippen molar-refractivity contribution in [3.05, 3.63) is 36.4 Å². The van der Waals surface area contributed by atoms with Gasteiger partial charge >= 0.3 is 5.97 Å². The fourth-order valence-corrected chi connectivity index (χ4v) is 1.52. The molecule has 0 saturated carbocycles. The molecule has 0 bridgehead atoms. The van der Waals surface area contributed by atoms with Crippen molar-refractivity contribution in [1.82, 2.24) is 0 Å². The zero-order valence-corrected chi connectivity index (χ0v) is 7.78. The van der Waals surface area contributed by atoms with E-state index in [1.807, 2.05) is 12.1 Å². The van der Waals surface area contributed by atoms with Gasteiger partial charge in [0.05, 0.1) is 0 Å². The summed E-state index contributed by atoms with van der Waals surface area (Å²) in [5, 5.41) is 9.03. The summed E-state index contributed by atoms with van der Waals surface area (Å²) in [6.07, 6.45) is 0. The minimum atomic E-state index is -1.32. The molecule has 0 aromatic heterocycles. The Hall–Kier alpha value is -1.77. The van der Waals surface area contributed by atoms with E-state index in [4.69, 9.17) is 9.84 Å². The number of carbonyl (C=O) groups is 1. The number of carboxylic acids is 1. The molecule has 72 valence electrons. The molecule has 1 aliphatic heterocycles. The Labute approximate surface area is 81.6 Å². The Morgan fingerprint density at radius 2 is 2.14 bits per heavy atom. The lowest BCUT2D eigenvalue weighted by molar-refractivity contribution is -0.148. The second-order valence-corrected chi connectivity index (χ2v) is 3.42. The molecular weight excluding hydrogens is 180 g/mol. The molecular formula is C11H10O3. The number of hydrogen-bond donors (Lipinski definition) is 1. The van der Waals surface area contributed by atoms with Crippen molar-refractivity contribution in [3.63, 3.8) is 0 Å². The molecule has 0 aliphatic carbocycles. The molecule has 0 fully saturated rings. The number of benzene rings is 1. The van der Waals surface area contributed by atoms with Crippen LogP contribution in [-0.2, 0) is 4.79 Å². The second kappa shape index (κ2) is 2.61. The third kappa shape index (κ3) is 0.954. The quantitative estimate of drug-likeness (QED) is 0.736. The first-order chi connectivity index (χ1) is 6.55. The summed E-state index contributed by atoms with van der Waals surface area (Å²) in [6.45, 7) is 5.28. The maximum atomic E-state index is 11.0. The molecule has 3 nitrogen and oxygen atoms in total. The Kier molecular flexibility index (Phi) is 1.64. The van der Waals surface area contributed by atoms with Crippen molar-refractivity contribution in [1.29, 1.82) is 0 Å². The average molecular weight is 190 g/mol. The van der Waals surface area contributed by atoms with Gasteiger partial charge in [-0.3, -0.25) is 0 Å². The first kappa shape index (κ1) is 8.81. The van der Waals surface area contributed by atoms with Gasteiger partial charge in [-0.2, -0.15) is 0 Å². The number of fused-ring (bicyclic) bond motifs is 1. The van der Waals surface area contributed by atoms with Gasteiger partial charge < -0.3 is 9.84 Å². The lowest BCUT2D eigenvalue weighted by Gasteiger charge is -2.19. The smallest absolute Gasteiger partial charge is 0.352 e. The Bertz CT molecular complexity index is 422. The van der Waals surface area contributed by atoms with Gasteiger partial charge in [-0.15, -0.1) is 0 Å².